The Morgan fingerprint density at radius 1 is 1.12 bits per heavy atom. The molecule has 2 rings (SSSR count). The summed E-state index contributed by atoms with van der Waals surface area (Å²) < 4.78 is 26.8. The van der Waals surface area contributed by atoms with Gasteiger partial charge >= 0.3 is 0 Å². The summed E-state index contributed by atoms with van der Waals surface area (Å²) in [7, 11) is 0. The molecule has 0 aliphatic heterocycles. The molecule has 3 heteroatoms. The number of hydrogen-bond acceptors (Lipinski definition) is 0. The molecule has 1 aliphatic carbocycles. The van der Waals surface area contributed by atoms with Crippen LogP contribution >= 0.6 is 11.6 Å². The second kappa shape index (κ2) is 5.34. The van der Waals surface area contributed by atoms with Gasteiger partial charge in [-0.15, -0.1) is 11.6 Å². The number of benzene rings is 1. The Balaban J connectivity index is 2.20. The fourth-order valence-electron chi connectivity index (χ4n) is 2.74. The summed E-state index contributed by atoms with van der Waals surface area (Å²) in [6.07, 6.45) is 6.11. The third kappa shape index (κ3) is 2.98. The third-order valence-electron chi connectivity index (χ3n) is 3.77. The molecule has 1 aromatic carbocycles. The average molecular weight is 259 g/mol. The van der Waals surface area contributed by atoms with E-state index in [0.717, 1.165) is 31.7 Å². The predicted molar refractivity (Wildman–Crippen MR) is 66.3 cm³/mol. The molecule has 1 aliphatic rings. The highest BCUT2D eigenvalue weighted by atomic mass is 35.5. The Hall–Kier alpha value is -0.630. The normalized spacial score (nSPS) is 19.2. The Morgan fingerprint density at radius 3 is 2.47 bits per heavy atom. The first-order valence-electron chi connectivity index (χ1n) is 6.15. The van der Waals surface area contributed by atoms with E-state index in [4.69, 9.17) is 11.6 Å². The van der Waals surface area contributed by atoms with E-state index >= 15 is 0 Å². The summed E-state index contributed by atoms with van der Waals surface area (Å²) in [6.45, 7) is 0. The van der Waals surface area contributed by atoms with Gasteiger partial charge in [-0.05, 0) is 48.4 Å². The lowest BCUT2D eigenvalue weighted by Gasteiger charge is -2.35. The van der Waals surface area contributed by atoms with Crippen LogP contribution < -0.4 is 0 Å². The lowest BCUT2D eigenvalue weighted by Crippen LogP contribution is -2.29. The third-order valence-corrected chi connectivity index (χ3v) is 4.34. The highest BCUT2D eigenvalue weighted by molar-refractivity contribution is 6.18. The molecule has 1 saturated carbocycles. The van der Waals surface area contributed by atoms with Crippen molar-refractivity contribution in [2.45, 2.75) is 38.5 Å². The average Bonchev–Trinajstić information content (AvgIpc) is 2.35. The molecule has 0 N–H and O–H groups in total. The van der Waals surface area contributed by atoms with Gasteiger partial charge < -0.3 is 0 Å². The molecule has 0 heterocycles. The minimum atomic E-state index is -0.373. The fraction of sp³-hybridized carbons (Fsp3) is 0.571. The molecule has 0 saturated heterocycles. The maximum atomic E-state index is 13.6. The van der Waals surface area contributed by atoms with Gasteiger partial charge in [-0.2, -0.15) is 0 Å². The monoisotopic (exact) mass is 258 g/mol. The first-order chi connectivity index (χ1) is 8.15. The van der Waals surface area contributed by atoms with Crippen molar-refractivity contribution in [3.8, 4) is 0 Å². The molecule has 0 bridgehead atoms. The van der Waals surface area contributed by atoms with Crippen LogP contribution in [0.4, 0.5) is 8.78 Å². The van der Waals surface area contributed by atoms with Crippen molar-refractivity contribution < 1.29 is 8.78 Å². The second-order valence-electron chi connectivity index (χ2n) is 5.11. The molecule has 0 aromatic heterocycles. The molecule has 0 atom stereocenters. The Bertz CT molecular complexity index is 384. The van der Waals surface area contributed by atoms with E-state index in [1.165, 1.54) is 18.6 Å². The molecule has 1 fully saturated rings. The van der Waals surface area contributed by atoms with Gasteiger partial charge in [-0.3, -0.25) is 0 Å². The fourth-order valence-corrected chi connectivity index (χ4v) is 3.10. The summed E-state index contributed by atoms with van der Waals surface area (Å²) in [5.41, 5.74) is 0.432. The molecular weight excluding hydrogens is 242 g/mol. The van der Waals surface area contributed by atoms with Crippen molar-refractivity contribution in [2.24, 2.45) is 5.41 Å². The number of rotatable bonds is 3. The van der Waals surface area contributed by atoms with Gasteiger partial charge in [0.05, 0.1) is 0 Å². The molecule has 0 radical (unpaired) electrons. The van der Waals surface area contributed by atoms with Crippen molar-refractivity contribution in [2.75, 3.05) is 5.88 Å². The first kappa shape index (κ1) is 12.8. The summed E-state index contributed by atoms with van der Waals surface area (Å²) in [4.78, 5) is 0. The van der Waals surface area contributed by atoms with Crippen molar-refractivity contribution in [3.63, 3.8) is 0 Å². The van der Waals surface area contributed by atoms with E-state index in [1.807, 2.05) is 0 Å². The molecule has 1 aromatic rings. The Labute approximate surface area is 106 Å². The van der Waals surface area contributed by atoms with Crippen LogP contribution in [0.3, 0.4) is 0 Å². The largest absolute Gasteiger partial charge is 0.207 e. The van der Waals surface area contributed by atoms with E-state index < -0.39 is 0 Å². The van der Waals surface area contributed by atoms with Gasteiger partial charge in [0.25, 0.3) is 0 Å². The van der Waals surface area contributed by atoms with Gasteiger partial charge in [0, 0.05) is 5.88 Å². The number of alkyl halides is 1. The molecule has 0 unspecified atom stereocenters. The SMILES string of the molecule is Fc1ccc(F)c(CC2(CCl)CCCCC2)c1. The summed E-state index contributed by atoms with van der Waals surface area (Å²) >= 11 is 6.06. The zero-order valence-electron chi connectivity index (χ0n) is 9.82. The predicted octanol–water partition coefficient (Wildman–Crippen LogP) is 4.70. The van der Waals surface area contributed by atoms with Crippen LogP contribution in [0, 0.1) is 17.0 Å². The van der Waals surface area contributed by atoms with E-state index in [-0.39, 0.29) is 17.0 Å². The quantitative estimate of drug-likeness (QED) is 0.690. The van der Waals surface area contributed by atoms with Crippen LogP contribution in [0.2, 0.25) is 0 Å². The standard InChI is InChI=1S/C14H17ClF2/c15-10-14(6-2-1-3-7-14)9-11-8-12(16)4-5-13(11)17/h4-5,8H,1-3,6-7,9-10H2. The van der Waals surface area contributed by atoms with Gasteiger partial charge in [0.15, 0.2) is 0 Å². The smallest absolute Gasteiger partial charge is 0.126 e. The molecule has 0 nitrogen and oxygen atoms in total. The molecular formula is C14H17ClF2. The maximum Gasteiger partial charge on any atom is 0.126 e. The molecule has 94 valence electrons. The molecule has 0 spiro atoms. The number of halogens is 3. The summed E-state index contributed by atoms with van der Waals surface area (Å²) in [5.74, 6) is -0.161. The minimum Gasteiger partial charge on any atom is -0.207 e. The Kier molecular flexibility index (Phi) is 4.03. The van der Waals surface area contributed by atoms with E-state index in [1.54, 1.807) is 0 Å². The van der Waals surface area contributed by atoms with E-state index in [0.29, 0.717) is 17.9 Å². The van der Waals surface area contributed by atoms with E-state index in [9.17, 15) is 8.78 Å². The van der Waals surface area contributed by atoms with Gasteiger partial charge in [0.1, 0.15) is 11.6 Å². The molecule has 17 heavy (non-hydrogen) atoms. The molecule has 0 amide bonds. The maximum absolute atomic E-state index is 13.6. The lowest BCUT2D eigenvalue weighted by atomic mass is 9.72. The van der Waals surface area contributed by atoms with Crippen LogP contribution in [0.1, 0.15) is 37.7 Å². The number of hydrogen-bond donors (Lipinski definition) is 0. The first-order valence-corrected chi connectivity index (χ1v) is 6.69. The topological polar surface area (TPSA) is 0 Å². The van der Waals surface area contributed by atoms with Gasteiger partial charge in [-0.25, -0.2) is 8.78 Å². The van der Waals surface area contributed by atoms with Crippen molar-refractivity contribution in [3.05, 3.63) is 35.4 Å². The van der Waals surface area contributed by atoms with E-state index in [2.05, 4.69) is 0 Å². The highest BCUT2D eigenvalue weighted by Gasteiger charge is 2.32. The van der Waals surface area contributed by atoms with Crippen LogP contribution in [0.25, 0.3) is 0 Å². The van der Waals surface area contributed by atoms with Crippen LogP contribution in [-0.2, 0) is 6.42 Å². The zero-order valence-corrected chi connectivity index (χ0v) is 10.6. The van der Waals surface area contributed by atoms with Crippen LogP contribution in [0.5, 0.6) is 0 Å². The van der Waals surface area contributed by atoms with Gasteiger partial charge in [0.2, 0.25) is 0 Å². The minimum absolute atomic E-state index is 0.0333. The summed E-state index contributed by atoms with van der Waals surface area (Å²) in [5, 5.41) is 0. The van der Waals surface area contributed by atoms with Crippen LogP contribution in [-0.4, -0.2) is 5.88 Å². The highest BCUT2D eigenvalue weighted by Crippen LogP contribution is 2.40. The van der Waals surface area contributed by atoms with Gasteiger partial charge in [-0.1, -0.05) is 19.3 Å². The zero-order chi connectivity index (χ0) is 12.3. The van der Waals surface area contributed by atoms with Crippen molar-refractivity contribution >= 4 is 11.6 Å². The van der Waals surface area contributed by atoms with Crippen LogP contribution in [0.15, 0.2) is 18.2 Å². The van der Waals surface area contributed by atoms with Crippen molar-refractivity contribution in [1.29, 1.82) is 0 Å². The Morgan fingerprint density at radius 2 is 1.82 bits per heavy atom. The summed E-state index contributed by atoms with van der Waals surface area (Å²) in [6, 6.07) is 3.67. The lowest BCUT2D eigenvalue weighted by molar-refractivity contribution is 0.217. The van der Waals surface area contributed by atoms with Crippen molar-refractivity contribution in [1.82, 2.24) is 0 Å². The second-order valence-corrected chi connectivity index (χ2v) is 5.37.